The topological polar surface area (TPSA) is 122 Å². The molecule has 1 aliphatic heterocycles. The summed E-state index contributed by atoms with van der Waals surface area (Å²) in [5.74, 6) is 0.196. The zero-order valence-electron chi connectivity index (χ0n) is 26.1. The number of rotatable bonds is 8. The molecule has 49 heavy (non-hydrogen) atoms. The van der Waals surface area contributed by atoms with Gasteiger partial charge in [-0.2, -0.15) is 8.42 Å². The summed E-state index contributed by atoms with van der Waals surface area (Å²) in [6.07, 6.45) is 7.84. The summed E-state index contributed by atoms with van der Waals surface area (Å²) < 4.78 is 56.4. The lowest BCUT2D eigenvalue weighted by Gasteiger charge is -2.21. The lowest BCUT2D eigenvalue weighted by atomic mass is 10.0. The number of aliphatic hydroxyl groups excluding tert-OH is 1. The van der Waals surface area contributed by atoms with Crippen LogP contribution in [0.3, 0.4) is 0 Å². The number of hydrogen-bond acceptors (Lipinski definition) is 6. The molecule has 0 spiro atoms. The lowest BCUT2D eigenvalue weighted by molar-refractivity contribution is 0.392. The maximum atomic E-state index is 13.2. The number of benzene rings is 4. The van der Waals surface area contributed by atoms with Gasteiger partial charge in [0.25, 0.3) is 0 Å². The minimum atomic E-state index is -3.98. The number of imidazole rings is 1. The minimum Gasteiger partial charge on any atom is -0.493 e. The summed E-state index contributed by atoms with van der Waals surface area (Å²) in [6, 6.07) is 27.2. The first-order chi connectivity index (χ1) is 23.5. The van der Waals surface area contributed by atoms with Crippen LogP contribution in [-0.2, 0) is 26.5 Å². The van der Waals surface area contributed by atoms with E-state index in [0.717, 1.165) is 59.3 Å². The largest absolute Gasteiger partial charge is 0.493 e. The van der Waals surface area contributed by atoms with Crippen molar-refractivity contribution < 1.29 is 21.9 Å². The number of sulfone groups is 1. The summed E-state index contributed by atoms with van der Waals surface area (Å²) in [5, 5.41) is 10.5. The van der Waals surface area contributed by atoms with Crippen LogP contribution in [0.2, 0.25) is 10.0 Å². The highest BCUT2D eigenvalue weighted by atomic mass is 35.5. The summed E-state index contributed by atoms with van der Waals surface area (Å²) >= 11 is 12.7. The van der Waals surface area contributed by atoms with Crippen LogP contribution in [0.15, 0.2) is 114 Å². The third-order valence-corrected chi connectivity index (χ3v) is 13.0. The molecule has 5 aromatic rings. The van der Waals surface area contributed by atoms with E-state index in [-0.39, 0.29) is 5.25 Å². The van der Waals surface area contributed by atoms with Crippen molar-refractivity contribution in [1.82, 2.24) is 14.3 Å². The van der Waals surface area contributed by atoms with Crippen molar-refractivity contribution in [2.75, 3.05) is 4.31 Å². The van der Waals surface area contributed by atoms with Gasteiger partial charge in [-0.15, -0.1) is 0 Å². The molecule has 0 atom stereocenters. The number of nitrogens with zero attached hydrogens (tertiary/aromatic N) is 3. The van der Waals surface area contributed by atoms with Crippen LogP contribution >= 0.6 is 23.2 Å². The van der Waals surface area contributed by atoms with Crippen molar-refractivity contribution in [2.24, 2.45) is 0 Å². The van der Waals surface area contributed by atoms with Crippen LogP contribution in [-0.4, -0.2) is 36.7 Å². The van der Waals surface area contributed by atoms with Crippen LogP contribution in [0.1, 0.15) is 43.5 Å². The Labute approximate surface area is 295 Å². The number of aromatic nitrogens is 2. The normalized spacial score (nSPS) is 16.4. The number of halogens is 2. The molecule has 4 aromatic carbocycles. The Morgan fingerprint density at radius 1 is 0.857 bits per heavy atom. The van der Waals surface area contributed by atoms with Gasteiger partial charge in [0.2, 0.25) is 5.88 Å². The Kier molecular flexibility index (Phi) is 8.95. The second kappa shape index (κ2) is 13.2. The molecule has 0 radical (unpaired) electrons. The molecule has 7 rings (SSSR count). The summed E-state index contributed by atoms with van der Waals surface area (Å²) in [7, 11) is -7.32. The van der Waals surface area contributed by atoms with Crippen molar-refractivity contribution in [2.45, 2.75) is 48.7 Å². The van der Waals surface area contributed by atoms with Crippen LogP contribution in [0.25, 0.3) is 28.1 Å². The molecule has 0 unspecified atom stereocenters. The van der Waals surface area contributed by atoms with Gasteiger partial charge in [0.05, 0.1) is 32.7 Å². The van der Waals surface area contributed by atoms with Gasteiger partial charge in [-0.1, -0.05) is 84.9 Å². The molecule has 1 aliphatic carbocycles. The third-order valence-electron chi connectivity index (χ3n) is 8.90. The Morgan fingerprint density at radius 3 is 2.18 bits per heavy atom. The molecule has 0 amide bonds. The maximum absolute atomic E-state index is 13.2. The van der Waals surface area contributed by atoms with Gasteiger partial charge in [-0.05, 0) is 78.1 Å². The van der Waals surface area contributed by atoms with E-state index >= 15 is 0 Å². The van der Waals surface area contributed by atoms with Crippen LogP contribution in [0, 0.1) is 0 Å². The Balaban J connectivity index is 1.19. The van der Waals surface area contributed by atoms with E-state index in [4.69, 9.17) is 28.2 Å². The quantitative estimate of drug-likeness (QED) is 0.166. The second-order valence-corrected chi connectivity index (χ2v) is 16.8. The highest BCUT2D eigenvalue weighted by Crippen LogP contribution is 2.34. The van der Waals surface area contributed by atoms with Gasteiger partial charge in [0, 0.05) is 28.9 Å². The molecule has 2 heterocycles. The van der Waals surface area contributed by atoms with Gasteiger partial charge >= 0.3 is 10.2 Å². The summed E-state index contributed by atoms with van der Waals surface area (Å²) in [6.45, 7) is 0. The Bertz CT molecular complexity index is 2280. The molecule has 1 saturated carbocycles. The molecular weight excluding hydrogens is 703 g/mol. The first kappa shape index (κ1) is 33.2. The Hall–Kier alpha value is -4.29. The maximum Gasteiger partial charge on any atom is 0.330 e. The van der Waals surface area contributed by atoms with Crippen LogP contribution < -0.4 is 9.03 Å². The zero-order valence-corrected chi connectivity index (χ0v) is 29.3. The molecule has 2 aliphatic rings. The van der Waals surface area contributed by atoms with Crippen molar-refractivity contribution in [3.05, 3.63) is 131 Å². The Morgan fingerprint density at radius 2 is 1.53 bits per heavy atom. The zero-order chi connectivity index (χ0) is 34.3. The van der Waals surface area contributed by atoms with Gasteiger partial charge in [-0.25, -0.2) is 22.4 Å². The predicted molar refractivity (Wildman–Crippen MR) is 193 cm³/mol. The average Bonchev–Trinajstić information content (AvgIpc) is 3.63. The smallest absolute Gasteiger partial charge is 0.330 e. The molecule has 252 valence electrons. The highest BCUT2D eigenvalue weighted by Gasteiger charge is 2.30. The standard InChI is InChI=1S/C36H32Cl2N4O5S2/c37-27-15-18-32(33(38)20-27)34-22-41(28-5-4-6-29(21-28)42-23-36(43)40-49(42,46)47)35(39-34)19-24-9-11-25(12-10-24)26-13-16-31(17-14-26)48(44,45)30-7-2-1-3-8-30/h4-6,9-18,20-23,30,40,43H,1-3,7-8,19H2. The number of anilines is 1. The van der Waals surface area contributed by atoms with E-state index in [1.807, 2.05) is 53.2 Å². The molecule has 0 saturated heterocycles. The molecule has 1 aromatic heterocycles. The summed E-state index contributed by atoms with van der Waals surface area (Å²) in [4.78, 5) is 5.32. The van der Waals surface area contributed by atoms with Gasteiger partial charge in [0.1, 0.15) is 5.82 Å². The fraction of sp³-hybridized carbons (Fsp3) is 0.194. The number of hydrogen-bond donors (Lipinski definition) is 2. The van der Waals surface area contributed by atoms with Crippen LogP contribution in [0.5, 0.6) is 0 Å². The fourth-order valence-corrected chi connectivity index (χ4v) is 9.78. The third kappa shape index (κ3) is 6.81. The van der Waals surface area contributed by atoms with Gasteiger partial charge < -0.3 is 9.67 Å². The van der Waals surface area contributed by atoms with Crippen molar-refractivity contribution in [1.29, 1.82) is 0 Å². The second-order valence-electron chi connectivity index (χ2n) is 12.2. The van der Waals surface area contributed by atoms with E-state index in [0.29, 0.717) is 49.8 Å². The van der Waals surface area contributed by atoms with E-state index in [1.54, 1.807) is 48.5 Å². The molecular formula is C36H32Cl2N4O5S2. The highest BCUT2D eigenvalue weighted by molar-refractivity contribution is 7.92. The summed E-state index contributed by atoms with van der Waals surface area (Å²) in [5.41, 5.74) is 5.09. The van der Waals surface area contributed by atoms with E-state index in [9.17, 15) is 21.9 Å². The molecule has 2 N–H and O–H groups in total. The fourth-order valence-electron chi connectivity index (χ4n) is 6.38. The monoisotopic (exact) mass is 734 g/mol. The van der Waals surface area contributed by atoms with Gasteiger partial charge in [0.15, 0.2) is 9.84 Å². The van der Waals surface area contributed by atoms with Gasteiger partial charge in [-0.3, -0.25) is 0 Å². The van der Waals surface area contributed by atoms with Crippen molar-refractivity contribution in [3.63, 3.8) is 0 Å². The molecule has 13 heteroatoms. The SMILES string of the molecule is O=S(=O)(c1ccc(-c2ccc(Cc3nc(-c4ccc(Cl)cc4Cl)cn3-c3cccc(N4C=C(O)NS4(=O)=O)c3)cc2)cc1)C1CCCCC1. The van der Waals surface area contributed by atoms with E-state index in [2.05, 4.69) is 4.72 Å². The van der Waals surface area contributed by atoms with Crippen LogP contribution in [0.4, 0.5) is 5.69 Å². The minimum absolute atomic E-state index is 0.298. The average molecular weight is 736 g/mol. The van der Waals surface area contributed by atoms with E-state index < -0.39 is 25.9 Å². The molecule has 0 bridgehead atoms. The van der Waals surface area contributed by atoms with E-state index in [1.165, 1.54) is 0 Å². The van der Waals surface area contributed by atoms with Crippen molar-refractivity contribution in [3.8, 4) is 28.1 Å². The lowest BCUT2D eigenvalue weighted by Crippen LogP contribution is -2.29. The number of aliphatic hydroxyl groups is 1. The first-order valence-corrected chi connectivity index (χ1v) is 19.5. The van der Waals surface area contributed by atoms with Crippen molar-refractivity contribution >= 4 is 48.9 Å². The molecule has 9 nitrogen and oxygen atoms in total. The number of nitrogens with one attached hydrogen (secondary N) is 1. The predicted octanol–water partition coefficient (Wildman–Crippen LogP) is 8.22. The molecule has 1 fully saturated rings. The first-order valence-electron chi connectivity index (χ1n) is 15.8.